The molecule has 1 aliphatic rings. The minimum atomic E-state index is -0.328. The highest BCUT2D eigenvalue weighted by atomic mass is 79.9. The van der Waals surface area contributed by atoms with Gasteiger partial charge in [-0.1, -0.05) is 34.1 Å². The number of rotatable bonds is 4. The number of aryl methyl sites for hydroxylation is 1. The third-order valence-electron chi connectivity index (χ3n) is 4.28. The Morgan fingerprint density at radius 2 is 2.08 bits per heavy atom. The average molecular weight is 405 g/mol. The van der Waals surface area contributed by atoms with E-state index in [1.807, 2.05) is 12.1 Å². The number of benzene rings is 2. The zero-order valence-electron chi connectivity index (χ0n) is 13.8. The number of nitrogens with zero attached hydrogens (tertiary/aromatic N) is 1. The molecule has 2 amide bonds. The van der Waals surface area contributed by atoms with Crippen molar-refractivity contribution in [2.45, 2.75) is 26.2 Å². The largest absolute Gasteiger partial charge is 0.324 e. The van der Waals surface area contributed by atoms with E-state index in [4.69, 9.17) is 0 Å². The molecule has 2 aromatic carbocycles. The van der Waals surface area contributed by atoms with Gasteiger partial charge >= 0.3 is 0 Å². The van der Waals surface area contributed by atoms with Crippen LogP contribution in [0.1, 0.15) is 24.5 Å². The first-order valence-corrected chi connectivity index (χ1v) is 8.89. The van der Waals surface area contributed by atoms with Gasteiger partial charge in [-0.3, -0.25) is 9.59 Å². The summed E-state index contributed by atoms with van der Waals surface area (Å²) in [7, 11) is 0. The number of carbonyl (C=O) groups excluding carboxylic acids is 2. The quantitative estimate of drug-likeness (QED) is 0.834. The van der Waals surface area contributed by atoms with Gasteiger partial charge in [-0.15, -0.1) is 0 Å². The minimum Gasteiger partial charge on any atom is -0.324 e. The summed E-state index contributed by atoms with van der Waals surface area (Å²) in [5.41, 5.74) is 2.96. The van der Waals surface area contributed by atoms with Crippen LogP contribution in [-0.2, 0) is 22.4 Å². The van der Waals surface area contributed by atoms with Crippen LogP contribution >= 0.6 is 15.9 Å². The lowest BCUT2D eigenvalue weighted by Crippen LogP contribution is -2.27. The molecule has 3 rings (SSSR count). The number of carbonyl (C=O) groups is 2. The number of para-hydroxylation sites is 1. The number of hydrogen-bond donors (Lipinski definition) is 1. The fourth-order valence-corrected chi connectivity index (χ4v) is 3.39. The van der Waals surface area contributed by atoms with Crippen LogP contribution in [0.2, 0.25) is 0 Å². The fraction of sp³-hybridized carbons (Fsp3) is 0.263. The maximum atomic E-state index is 13.8. The van der Waals surface area contributed by atoms with Gasteiger partial charge in [0.2, 0.25) is 11.8 Å². The zero-order valence-corrected chi connectivity index (χ0v) is 15.4. The van der Waals surface area contributed by atoms with E-state index in [2.05, 4.69) is 21.2 Å². The Balaban J connectivity index is 1.70. The summed E-state index contributed by atoms with van der Waals surface area (Å²) in [5.74, 6) is -0.575. The van der Waals surface area contributed by atoms with Gasteiger partial charge in [0.25, 0.3) is 0 Å². The monoisotopic (exact) mass is 404 g/mol. The maximum absolute atomic E-state index is 13.8. The van der Waals surface area contributed by atoms with Crippen LogP contribution in [0, 0.1) is 5.82 Å². The summed E-state index contributed by atoms with van der Waals surface area (Å²) >= 11 is 3.21. The number of fused-ring (bicyclic) bond motifs is 1. The normalized spacial score (nSPS) is 12.8. The maximum Gasteiger partial charge on any atom is 0.224 e. The van der Waals surface area contributed by atoms with Crippen molar-refractivity contribution in [3.8, 4) is 0 Å². The highest BCUT2D eigenvalue weighted by molar-refractivity contribution is 9.10. The molecule has 4 nitrogen and oxygen atoms in total. The first-order valence-electron chi connectivity index (χ1n) is 8.09. The summed E-state index contributed by atoms with van der Waals surface area (Å²) in [5, 5.41) is 2.86. The van der Waals surface area contributed by atoms with Gasteiger partial charge in [0, 0.05) is 24.4 Å². The molecule has 0 bridgehead atoms. The van der Waals surface area contributed by atoms with Crippen molar-refractivity contribution in [1.82, 2.24) is 0 Å². The van der Waals surface area contributed by atoms with Crippen molar-refractivity contribution in [2.24, 2.45) is 0 Å². The average Bonchev–Trinajstić information content (AvgIpc) is 2.99. The summed E-state index contributed by atoms with van der Waals surface area (Å²) in [6.45, 7) is 2.14. The SMILES string of the molecule is CC(=O)N1CCc2cccc(NC(=O)CCc3ccc(Br)cc3F)c21. The molecular formula is C19H18BrFN2O2. The van der Waals surface area contributed by atoms with E-state index < -0.39 is 0 Å². The van der Waals surface area contributed by atoms with E-state index in [0.717, 1.165) is 17.7 Å². The lowest BCUT2D eigenvalue weighted by Gasteiger charge is -2.19. The van der Waals surface area contributed by atoms with Crippen LogP contribution in [0.15, 0.2) is 40.9 Å². The number of anilines is 2. The van der Waals surface area contributed by atoms with Gasteiger partial charge in [0.05, 0.1) is 11.4 Å². The van der Waals surface area contributed by atoms with Gasteiger partial charge in [-0.2, -0.15) is 0 Å². The van der Waals surface area contributed by atoms with E-state index in [-0.39, 0.29) is 24.1 Å². The molecular weight excluding hydrogens is 387 g/mol. The number of hydrogen-bond acceptors (Lipinski definition) is 2. The molecule has 130 valence electrons. The Morgan fingerprint density at radius 1 is 1.28 bits per heavy atom. The van der Waals surface area contributed by atoms with Crippen LogP contribution in [0.25, 0.3) is 0 Å². The number of amides is 2. The van der Waals surface area contributed by atoms with Crippen molar-refractivity contribution in [3.63, 3.8) is 0 Å². The topological polar surface area (TPSA) is 49.4 Å². The van der Waals surface area contributed by atoms with Crippen LogP contribution < -0.4 is 10.2 Å². The molecule has 0 fully saturated rings. The van der Waals surface area contributed by atoms with Crippen LogP contribution in [0.3, 0.4) is 0 Å². The Morgan fingerprint density at radius 3 is 2.80 bits per heavy atom. The predicted octanol–water partition coefficient (Wildman–Crippen LogP) is 4.07. The number of halogens is 2. The molecule has 0 saturated carbocycles. The Hall–Kier alpha value is -2.21. The van der Waals surface area contributed by atoms with E-state index in [9.17, 15) is 14.0 Å². The molecule has 1 N–H and O–H groups in total. The first kappa shape index (κ1) is 17.6. The van der Waals surface area contributed by atoms with Crippen molar-refractivity contribution >= 4 is 39.1 Å². The second-order valence-corrected chi connectivity index (χ2v) is 6.93. The minimum absolute atomic E-state index is 0.0441. The third-order valence-corrected chi connectivity index (χ3v) is 4.78. The lowest BCUT2D eigenvalue weighted by molar-refractivity contribution is -0.117. The number of nitrogens with one attached hydrogen (secondary N) is 1. The molecule has 2 aromatic rings. The standard InChI is InChI=1S/C19H18BrFN2O2/c1-12(24)23-10-9-14-3-2-4-17(19(14)23)22-18(25)8-6-13-5-7-15(20)11-16(13)21/h2-5,7,11H,6,8-10H2,1H3,(H,22,25). The predicted molar refractivity (Wildman–Crippen MR) is 99.2 cm³/mol. The fourth-order valence-electron chi connectivity index (χ4n) is 3.06. The van der Waals surface area contributed by atoms with Crippen molar-refractivity contribution in [3.05, 3.63) is 57.8 Å². The Labute approximate surface area is 154 Å². The van der Waals surface area contributed by atoms with E-state index >= 15 is 0 Å². The molecule has 0 saturated heterocycles. The summed E-state index contributed by atoms with van der Waals surface area (Å²) in [6, 6.07) is 10.4. The lowest BCUT2D eigenvalue weighted by atomic mass is 10.1. The summed E-state index contributed by atoms with van der Waals surface area (Å²) in [4.78, 5) is 25.8. The van der Waals surface area contributed by atoms with Crippen molar-refractivity contribution < 1.29 is 14.0 Å². The van der Waals surface area contributed by atoms with Gasteiger partial charge in [0.1, 0.15) is 5.82 Å². The van der Waals surface area contributed by atoms with Gasteiger partial charge in [-0.05, 0) is 42.2 Å². The molecule has 0 atom stereocenters. The molecule has 6 heteroatoms. The molecule has 0 spiro atoms. The van der Waals surface area contributed by atoms with Crippen molar-refractivity contribution in [1.29, 1.82) is 0 Å². The third kappa shape index (κ3) is 3.90. The van der Waals surface area contributed by atoms with Crippen LogP contribution in [0.5, 0.6) is 0 Å². The van der Waals surface area contributed by atoms with Gasteiger partial charge in [-0.25, -0.2) is 4.39 Å². The summed E-state index contributed by atoms with van der Waals surface area (Å²) < 4.78 is 14.5. The Bertz CT molecular complexity index is 838. The zero-order chi connectivity index (χ0) is 18.0. The molecule has 0 radical (unpaired) electrons. The Kier molecular flexibility index (Phi) is 5.18. The molecule has 1 heterocycles. The molecule has 25 heavy (non-hydrogen) atoms. The van der Waals surface area contributed by atoms with Gasteiger partial charge < -0.3 is 10.2 Å². The second-order valence-electron chi connectivity index (χ2n) is 6.02. The first-order chi connectivity index (χ1) is 12.0. The molecule has 0 unspecified atom stereocenters. The van der Waals surface area contributed by atoms with Crippen LogP contribution in [-0.4, -0.2) is 18.4 Å². The van der Waals surface area contributed by atoms with Gasteiger partial charge in [0.15, 0.2) is 0 Å². The van der Waals surface area contributed by atoms with E-state index in [1.54, 1.807) is 23.1 Å². The highest BCUT2D eigenvalue weighted by Crippen LogP contribution is 2.35. The van der Waals surface area contributed by atoms with Crippen LogP contribution in [0.4, 0.5) is 15.8 Å². The smallest absolute Gasteiger partial charge is 0.224 e. The van der Waals surface area contributed by atoms with Crippen molar-refractivity contribution in [2.75, 3.05) is 16.8 Å². The van der Waals surface area contributed by atoms with E-state index in [1.165, 1.54) is 13.0 Å². The molecule has 1 aliphatic heterocycles. The molecule has 0 aliphatic carbocycles. The van der Waals surface area contributed by atoms with E-state index in [0.29, 0.717) is 28.7 Å². The highest BCUT2D eigenvalue weighted by Gasteiger charge is 2.25. The second kappa shape index (κ2) is 7.35. The summed E-state index contributed by atoms with van der Waals surface area (Å²) in [6.07, 6.45) is 1.27. The molecule has 0 aromatic heterocycles.